The SMILES string of the molecule is O=C(c1ccccc1)C(Cl)C=C(Cl)Cl. The molecule has 0 saturated heterocycles. The van der Waals surface area contributed by atoms with E-state index in [-0.39, 0.29) is 10.3 Å². The quantitative estimate of drug-likeness (QED) is 0.588. The van der Waals surface area contributed by atoms with Crippen molar-refractivity contribution in [1.82, 2.24) is 0 Å². The molecule has 14 heavy (non-hydrogen) atoms. The Balaban J connectivity index is 2.82. The average Bonchev–Trinajstić information content (AvgIpc) is 2.17. The number of halogens is 3. The lowest BCUT2D eigenvalue weighted by Crippen LogP contribution is -2.11. The Labute approximate surface area is 97.3 Å². The number of allylic oxidation sites excluding steroid dienone is 1. The number of carbonyl (C=O) groups excluding carboxylic acids is 1. The average molecular weight is 250 g/mol. The Morgan fingerprint density at radius 2 is 1.79 bits per heavy atom. The predicted octanol–water partition coefficient (Wildman–Crippen LogP) is 3.80. The van der Waals surface area contributed by atoms with Gasteiger partial charge in [0.25, 0.3) is 0 Å². The van der Waals surface area contributed by atoms with Crippen LogP contribution in [-0.4, -0.2) is 11.2 Å². The summed E-state index contributed by atoms with van der Waals surface area (Å²) >= 11 is 16.6. The fourth-order valence-electron chi connectivity index (χ4n) is 0.948. The van der Waals surface area contributed by atoms with E-state index >= 15 is 0 Å². The van der Waals surface area contributed by atoms with Crippen molar-refractivity contribution >= 4 is 40.6 Å². The first-order valence-corrected chi connectivity index (χ1v) is 5.06. The number of carbonyl (C=O) groups is 1. The lowest BCUT2D eigenvalue weighted by Gasteiger charge is -2.02. The van der Waals surface area contributed by atoms with Crippen molar-refractivity contribution in [3.8, 4) is 0 Å². The number of hydrogen-bond acceptors (Lipinski definition) is 1. The van der Waals surface area contributed by atoms with Crippen molar-refractivity contribution in [2.45, 2.75) is 5.38 Å². The number of Topliss-reactive ketones (excluding diaryl/α,β-unsaturated/α-hetero) is 1. The molecule has 1 aromatic carbocycles. The Morgan fingerprint density at radius 1 is 1.21 bits per heavy atom. The normalized spacial score (nSPS) is 11.9. The maximum absolute atomic E-state index is 11.6. The third kappa shape index (κ3) is 3.33. The molecule has 0 aliphatic rings. The minimum Gasteiger partial charge on any atom is -0.292 e. The van der Waals surface area contributed by atoms with Gasteiger partial charge in [-0.2, -0.15) is 0 Å². The second-order valence-corrected chi connectivity index (χ2v) is 4.07. The first-order valence-electron chi connectivity index (χ1n) is 3.87. The maximum Gasteiger partial charge on any atom is 0.184 e. The van der Waals surface area contributed by atoms with Crippen molar-refractivity contribution in [3.63, 3.8) is 0 Å². The molecule has 1 aromatic rings. The number of rotatable bonds is 3. The van der Waals surface area contributed by atoms with E-state index < -0.39 is 5.38 Å². The fourth-order valence-corrected chi connectivity index (χ4v) is 1.58. The molecule has 0 aliphatic carbocycles. The number of hydrogen-bond donors (Lipinski definition) is 0. The molecule has 0 heterocycles. The van der Waals surface area contributed by atoms with Crippen LogP contribution in [0.2, 0.25) is 0 Å². The number of ketones is 1. The third-order valence-corrected chi connectivity index (χ3v) is 2.16. The molecule has 0 aliphatic heterocycles. The molecule has 1 rings (SSSR count). The van der Waals surface area contributed by atoms with E-state index in [9.17, 15) is 4.79 Å². The van der Waals surface area contributed by atoms with E-state index in [1.165, 1.54) is 6.08 Å². The molecule has 0 N–H and O–H groups in total. The highest BCUT2D eigenvalue weighted by atomic mass is 35.5. The minimum absolute atomic E-state index is 0.00530. The molecule has 0 aromatic heterocycles. The van der Waals surface area contributed by atoms with Crippen LogP contribution in [-0.2, 0) is 0 Å². The Hall–Kier alpha value is -0.500. The number of benzene rings is 1. The highest BCUT2D eigenvalue weighted by molar-refractivity contribution is 6.56. The molecule has 0 bridgehead atoms. The second kappa shape index (κ2) is 5.40. The van der Waals surface area contributed by atoms with E-state index in [2.05, 4.69) is 0 Å². The summed E-state index contributed by atoms with van der Waals surface area (Å²) in [4.78, 5) is 11.6. The van der Waals surface area contributed by atoms with Crippen LogP contribution in [0.15, 0.2) is 40.9 Å². The van der Waals surface area contributed by atoms with E-state index in [0.29, 0.717) is 5.56 Å². The van der Waals surface area contributed by atoms with Gasteiger partial charge >= 0.3 is 0 Å². The van der Waals surface area contributed by atoms with Gasteiger partial charge in [-0.15, -0.1) is 11.6 Å². The third-order valence-electron chi connectivity index (χ3n) is 1.58. The summed E-state index contributed by atoms with van der Waals surface area (Å²) in [5.41, 5.74) is 0.540. The number of alkyl halides is 1. The lowest BCUT2D eigenvalue weighted by molar-refractivity contribution is 0.0999. The van der Waals surface area contributed by atoms with Crippen LogP contribution in [0.4, 0.5) is 0 Å². The molecular formula is C10H7Cl3O. The van der Waals surface area contributed by atoms with Crippen molar-refractivity contribution in [3.05, 3.63) is 46.5 Å². The monoisotopic (exact) mass is 248 g/mol. The largest absolute Gasteiger partial charge is 0.292 e. The van der Waals surface area contributed by atoms with E-state index in [4.69, 9.17) is 34.8 Å². The molecule has 74 valence electrons. The van der Waals surface area contributed by atoms with E-state index in [0.717, 1.165) is 0 Å². The van der Waals surface area contributed by atoms with Crippen LogP contribution in [0.3, 0.4) is 0 Å². The summed E-state index contributed by atoms with van der Waals surface area (Å²) in [5, 5.41) is -0.817. The van der Waals surface area contributed by atoms with Gasteiger partial charge in [-0.3, -0.25) is 4.79 Å². The standard InChI is InChI=1S/C10H7Cl3O/c11-8(6-9(12)13)10(14)7-4-2-1-3-5-7/h1-6,8H. The van der Waals surface area contributed by atoms with Crippen molar-refractivity contribution in [2.24, 2.45) is 0 Å². The highest BCUT2D eigenvalue weighted by Crippen LogP contribution is 2.15. The van der Waals surface area contributed by atoms with Gasteiger partial charge in [-0.25, -0.2) is 0 Å². The molecule has 4 heteroatoms. The van der Waals surface area contributed by atoms with Gasteiger partial charge in [-0.1, -0.05) is 53.5 Å². The van der Waals surface area contributed by atoms with Crippen LogP contribution in [0.5, 0.6) is 0 Å². The maximum atomic E-state index is 11.6. The van der Waals surface area contributed by atoms with Gasteiger partial charge in [0.05, 0.1) is 0 Å². The second-order valence-electron chi connectivity index (χ2n) is 2.59. The van der Waals surface area contributed by atoms with Gasteiger partial charge in [-0.05, 0) is 6.08 Å². The highest BCUT2D eigenvalue weighted by Gasteiger charge is 2.14. The zero-order chi connectivity index (χ0) is 10.6. The molecule has 1 nitrogen and oxygen atoms in total. The van der Waals surface area contributed by atoms with Gasteiger partial charge in [0.1, 0.15) is 9.87 Å². The minimum atomic E-state index is -0.817. The van der Waals surface area contributed by atoms with Gasteiger partial charge < -0.3 is 0 Å². The Kier molecular flexibility index (Phi) is 4.46. The summed E-state index contributed by atoms with van der Waals surface area (Å²) in [5.74, 6) is -0.217. The predicted molar refractivity (Wildman–Crippen MR) is 60.2 cm³/mol. The van der Waals surface area contributed by atoms with Crippen molar-refractivity contribution in [2.75, 3.05) is 0 Å². The smallest absolute Gasteiger partial charge is 0.184 e. The van der Waals surface area contributed by atoms with E-state index in [1.807, 2.05) is 6.07 Å². The van der Waals surface area contributed by atoms with Crippen LogP contribution in [0.25, 0.3) is 0 Å². The summed E-state index contributed by atoms with van der Waals surface area (Å²) in [7, 11) is 0. The summed E-state index contributed by atoms with van der Waals surface area (Å²) in [6, 6.07) is 8.73. The molecule has 0 amide bonds. The zero-order valence-corrected chi connectivity index (χ0v) is 9.35. The van der Waals surface area contributed by atoms with Crippen molar-refractivity contribution in [1.29, 1.82) is 0 Å². The van der Waals surface area contributed by atoms with Gasteiger partial charge in [0, 0.05) is 5.56 Å². The topological polar surface area (TPSA) is 17.1 Å². The van der Waals surface area contributed by atoms with Crippen LogP contribution >= 0.6 is 34.8 Å². The zero-order valence-electron chi connectivity index (χ0n) is 7.08. The van der Waals surface area contributed by atoms with Gasteiger partial charge in [0.15, 0.2) is 5.78 Å². The Bertz CT molecular complexity index is 342. The lowest BCUT2D eigenvalue weighted by atomic mass is 10.1. The van der Waals surface area contributed by atoms with Crippen molar-refractivity contribution < 1.29 is 4.79 Å². The molecule has 0 saturated carbocycles. The molecule has 1 unspecified atom stereocenters. The first kappa shape index (κ1) is 11.6. The molecular weight excluding hydrogens is 242 g/mol. The van der Waals surface area contributed by atoms with Crippen LogP contribution in [0.1, 0.15) is 10.4 Å². The summed E-state index contributed by atoms with van der Waals surface area (Å²) in [6.07, 6.45) is 1.29. The van der Waals surface area contributed by atoms with Gasteiger partial charge in [0.2, 0.25) is 0 Å². The molecule has 0 fully saturated rings. The molecule has 1 atom stereocenters. The van der Waals surface area contributed by atoms with Crippen LogP contribution < -0.4 is 0 Å². The Morgan fingerprint density at radius 3 is 2.29 bits per heavy atom. The van der Waals surface area contributed by atoms with E-state index in [1.54, 1.807) is 24.3 Å². The first-order chi connectivity index (χ1) is 6.61. The summed E-state index contributed by atoms with van der Waals surface area (Å²) in [6.45, 7) is 0. The molecule has 0 spiro atoms. The summed E-state index contributed by atoms with van der Waals surface area (Å²) < 4.78 is -0.00530. The van der Waals surface area contributed by atoms with Crippen LogP contribution in [0, 0.1) is 0 Å². The fraction of sp³-hybridized carbons (Fsp3) is 0.100. The molecule has 0 radical (unpaired) electrons.